The van der Waals surface area contributed by atoms with Crippen LogP contribution in [0.15, 0.2) is 35.0 Å². The Labute approximate surface area is 117 Å². The summed E-state index contributed by atoms with van der Waals surface area (Å²) in [6, 6.07) is 6.70. The molecule has 1 heterocycles. The Morgan fingerprint density at radius 2 is 2.21 bits per heavy atom. The highest BCUT2D eigenvalue weighted by Crippen LogP contribution is 2.21. The first-order valence-electron chi connectivity index (χ1n) is 6.42. The van der Waals surface area contributed by atoms with Crippen molar-refractivity contribution in [3.8, 4) is 5.75 Å². The van der Waals surface area contributed by atoms with Gasteiger partial charge in [-0.25, -0.2) is 4.39 Å². The molecule has 0 radical (unpaired) electrons. The van der Waals surface area contributed by atoms with E-state index in [2.05, 4.69) is 17.6 Å². The number of hydrogen-bond donors (Lipinski definition) is 1. The zero-order valence-corrected chi connectivity index (χ0v) is 11.8. The second kappa shape index (κ2) is 7.26. The Bertz CT molecular complexity index is 499. The molecule has 2 nitrogen and oxygen atoms in total. The van der Waals surface area contributed by atoms with Gasteiger partial charge in [0.1, 0.15) is 18.2 Å². The summed E-state index contributed by atoms with van der Waals surface area (Å²) < 4.78 is 19.1. The molecule has 0 unspecified atom stereocenters. The number of halogens is 1. The lowest BCUT2D eigenvalue weighted by Gasteiger charge is -2.12. The predicted octanol–water partition coefficient (Wildman–Crippen LogP) is 3.97. The Morgan fingerprint density at radius 1 is 1.32 bits per heavy atom. The van der Waals surface area contributed by atoms with Crippen LogP contribution >= 0.6 is 11.3 Å². The topological polar surface area (TPSA) is 21.3 Å². The smallest absolute Gasteiger partial charge is 0.124 e. The molecule has 0 spiro atoms. The van der Waals surface area contributed by atoms with Crippen LogP contribution in [0.25, 0.3) is 0 Å². The summed E-state index contributed by atoms with van der Waals surface area (Å²) in [6.07, 6.45) is 1.06. The van der Waals surface area contributed by atoms with E-state index in [1.165, 1.54) is 12.1 Å². The van der Waals surface area contributed by atoms with Crippen LogP contribution in [0, 0.1) is 5.82 Å². The SMILES string of the molecule is CCCNCc1cc(F)ccc1OCc1ccsc1. The summed E-state index contributed by atoms with van der Waals surface area (Å²) >= 11 is 1.65. The minimum absolute atomic E-state index is 0.226. The Morgan fingerprint density at radius 3 is 2.95 bits per heavy atom. The van der Waals surface area contributed by atoms with Gasteiger partial charge in [0.05, 0.1) is 0 Å². The van der Waals surface area contributed by atoms with Gasteiger partial charge in [0.25, 0.3) is 0 Å². The maximum absolute atomic E-state index is 13.3. The van der Waals surface area contributed by atoms with Gasteiger partial charge >= 0.3 is 0 Å². The third-order valence-corrected chi connectivity index (χ3v) is 3.47. The molecule has 0 saturated heterocycles. The zero-order chi connectivity index (χ0) is 13.5. The second-order valence-corrected chi connectivity index (χ2v) is 5.13. The molecule has 0 bridgehead atoms. The number of hydrogen-bond acceptors (Lipinski definition) is 3. The standard InChI is InChI=1S/C15H18FNOS/c1-2-6-17-9-13-8-14(16)3-4-15(13)18-10-12-5-7-19-11-12/h3-5,7-8,11,17H,2,6,9-10H2,1H3. The molecule has 4 heteroatoms. The van der Waals surface area contributed by atoms with Gasteiger partial charge in [0.15, 0.2) is 0 Å². The van der Waals surface area contributed by atoms with E-state index >= 15 is 0 Å². The molecule has 102 valence electrons. The summed E-state index contributed by atoms with van der Waals surface area (Å²) in [6.45, 7) is 4.17. The van der Waals surface area contributed by atoms with Crippen LogP contribution in [-0.4, -0.2) is 6.54 Å². The highest BCUT2D eigenvalue weighted by molar-refractivity contribution is 7.07. The number of ether oxygens (including phenoxy) is 1. The molecule has 0 aliphatic heterocycles. The first-order chi connectivity index (χ1) is 9.29. The fourth-order valence-corrected chi connectivity index (χ4v) is 2.42. The van der Waals surface area contributed by atoms with Crippen molar-refractivity contribution in [2.75, 3.05) is 6.54 Å². The summed E-state index contributed by atoms with van der Waals surface area (Å²) in [7, 11) is 0. The van der Waals surface area contributed by atoms with E-state index in [1.807, 2.05) is 11.4 Å². The molecule has 0 atom stereocenters. The fourth-order valence-electron chi connectivity index (χ4n) is 1.76. The van der Waals surface area contributed by atoms with E-state index in [0.717, 1.165) is 29.8 Å². The average molecular weight is 279 g/mol. The molecular formula is C15H18FNOS. The minimum atomic E-state index is -0.226. The molecule has 1 aromatic heterocycles. The van der Waals surface area contributed by atoms with Crippen molar-refractivity contribution >= 4 is 11.3 Å². The molecule has 19 heavy (non-hydrogen) atoms. The van der Waals surface area contributed by atoms with Gasteiger partial charge < -0.3 is 10.1 Å². The van der Waals surface area contributed by atoms with Gasteiger partial charge in [-0.1, -0.05) is 6.92 Å². The van der Waals surface area contributed by atoms with E-state index in [1.54, 1.807) is 17.4 Å². The molecule has 0 saturated carbocycles. The van der Waals surface area contributed by atoms with Crippen LogP contribution in [0.3, 0.4) is 0 Å². The number of benzene rings is 1. The van der Waals surface area contributed by atoms with Crippen molar-refractivity contribution in [1.82, 2.24) is 5.32 Å². The lowest BCUT2D eigenvalue weighted by molar-refractivity contribution is 0.302. The van der Waals surface area contributed by atoms with Crippen molar-refractivity contribution in [1.29, 1.82) is 0 Å². The third-order valence-electron chi connectivity index (χ3n) is 2.74. The molecule has 0 amide bonds. The van der Waals surface area contributed by atoms with Crippen LogP contribution in [0.5, 0.6) is 5.75 Å². The number of thiophene rings is 1. The minimum Gasteiger partial charge on any atom is -0.489 e. The normalized spacial score (nSPS) is 10.6. The monoisotopic (exact) mass is 279 g/mol. The maximum atomic E-state index is 13.3. The fraction of sp³-hybridized carbons (Fsp3) is 0.333. The molecule has 0 aliphatic rings. The summed E-state index contributed by atoms with van der Waals surface area (Å²) in [5, 5.41) is 7.34. The molecule has 0 aliphatic carbocycles. The van der Waals surface area contributed by atoms with E-state index in [-0.39, 0.29) is 5.82 Å². The Balaban J connectivity index is 2.01. The van der Waals surface area contributed by atoms with Gasteiger partial charge in [0.2, 0.25) is 0 Å². The summed E-state index contributed by atoms with van der Waals surface area (Å²) in [5.41, 5.74) is 2.01. The number of nitrogens with one attached hydrogen (secondary N) is 1. The van der Waals surface area contributed by atoms with Crippen LogP contribution in [0.2, 0.25) is 0 Å². The predicted molar refractivity (Wildman–Crippen MR) is 77.0 cm³/mol. The quantitative estimate of drug-likeness (QED) is 0.774. The first-order valence-corrected chi connectivity index (χ1v) is 7.37. The van der Waals surface area contributed by atoms with Crippen molar-refractivity contribution in [2.24, 2.45) is 0 Å². The van der Waals surface area contributed by atoms with E-state index in [9.17, 15) is 4.39 Å². The lowest BCUT2D eigenvalue weighted by atomic mass is 10.2. The van der Waals surface area contributed by atoms with Crippen molar-refractivity contribution in [3.05, 3.63) is 52.0 Å². The van der Waals surface area contributed by atoms with Crippen molar-refractivity contribution < 1.29 is 9.13 Å². The van der Waals surface area contributed by atoms with Crippen LogP contribution in [0.4, 0.5) is 4.39 Å². The molecule has 1 aromatic carbocycles. The average Bonchev–Trinajstić information content (AvgIpc) is 2.91. The van der Waals surface area contributed by atoms with Crippen LogP contribution < -0.4 is 10.1 Å². The van der Waals surface area contributed by atoms with Gasteiger partial charge in [-0.15, -0.1) is 0 Å². The third kappa shape index (κ3) is 4.33. The van der Waals surface area contributed by atoms with Crippen molar-refractivity contribution in [2.45, 2.75) is 26.5 Å². The molecule has 2 rings (SSSR count). The lowest BCUT2D eigenvalue weighted by Crippen LogP contribution is -2.14. The largest absolute Gasteiger partial charge is 0.489 e. The summed E-state index contributed by atoms with van der Waals surface area (Å²) in [4.78, 5) is 0. The number of rotatable bonds is 7. The Hall–Kier alpha value is -1.39. The highest BCUT2D eigenvalue weighted by Gasteiger charge is 2.06. The van der Waals surface area contributed by atoms with E-state index < -0.39 is 0 Å². The van der Waals surface area contributed by atoms with Crippen LogP contribution in [-0.2, 0) is 13.2 Å². The van der Waals surface area contributed by atoms with Gasteiger partial charge in [-0.2, -0.15) is 11.3 Å². The van der Waals surface area contributed by atoms with E-state index in [4.69, 9.17) is 4.74 Å². The van der Waals surface area contributed by atoms with Crippen molar-refractivity contribution in [3.63, 3.8) is 0 Å². The molecule has 1 N–H and O–H groups in total. The zero-order valence-electron chi connectivity index (χ0n) is 11.0. The Kier molecular flexibility index (Phi) is 5.36. The molecular weight excluding hydrogens is 261 g/mol. The molecule has 0 fully saturated rings. The van der Waals surface area contributed by atoms with Gasteiger partial charge in [-0.05, 0) is 53.6 Å². The van der Waals surface area contributed by atoms with Gasteiger partial charge in [-0.3, -0.25) is 0 Å². The second-order valence-electron chi connectivity index (χ2n) is 4.35. The molecule has 2 aromatic rings. The van der Waals surface area contributed by atoms with E-state index in [0.29, 0.717) is 13.2 Å². The maximum Gasteiger partial charge on any atom is 0.124 e. The van der Waals surface area contributed by atoms with Crippen LogP contribution in [0.1, 0.15) is 24.5 Å². The highest BCUT2D eigenvalue weighted by atomic mass is 32.1. The summed E-state index contributed by atoms with van der Waals surface area (Å²) in [5.74, 6) is 0.521. The van der Waals surface area contributed by atoms with Gasteiger partial charge in [0, 0.05) is 12.1 Å². The first kappa shape index (κ1) is 14.0.